The zero-order valence-electron chi connectivity index (χ0n) is 42.7. The van der Waals surface area contributed by atoms with Crippen LogP contribution in [0.4, 0.5) is 0 Å². The monoisotopic (exact) mass is 888 g/mol. The van der Waals surface area contributed by atoms with Gasteiger partial charge < -0.3 is 20.6 Å². The summed E-state index contributed by atoms with van der Waals surface area (Å²) in [5.41, 5.74) is 0. The molecule has 0 aromatic heterocycles. The number of hydrogen-bond acceptors (Lipinski definition) is 4. The maximum absolute atomic E-state index is 12.5. The molecule has 0 saturated carbocycles. The van der Waals surface area contributed by atoms with Gasteiger partial charge in [-0.15, -0.1) is 0 Å². The molecule has 0 saturated heterocycles. The number of hydrogen-bond donors (Lipinski definition) is 4. The zero-order valence-corrected chi connectivity index (χ0v) is 42.7. The number of aliphatic hydroxyl groups excluding tert-OH is 3. The lowest BCUT2D eigenvalue weighted by molar-refractivity contribution is -0.124. The summed E-state index contributed by atoms with van der Waals surface area (Å²) in [6.07, 6.45) is 68.1. The highest BCUT2D eigenvalue weighted by molar-refractivity contribution is 5.76. The van der Waals surface area contributed by atoms with Crippen LogP contribution in [0.15, 0.2) is 24.3 Å². The van der Waals surface area contributed by atoms with Gasteiger partial charge in [-0.05, 0) is 44.9 Å². The lowest BCUT2D eigenvalue weighted by Crippen LogP contribution is -2.45. The molecule has 4 N–H and O–H groups in total. The predicted molar refractivity (Wildman–Crippen MR) is 278 cm³/mol. The smallest absolute Gasteiger partial charge is 0.222 e. The Morgan fingerprint density at radius 2 is 0.667 bits per heavy atom. The molecule has 1 amide bonds. The first-order valence-corrected chi connectivity index (χ1v) is 28.6. The highest BCUT2D eigenvalue weighted by Gasteiger charge is 2.20. The molecule has 374 valence electrons. The fourth-order valence-corrected chi connectivity index (χ4v) is 9.10. The van der Waals surface area contributed by atoms with Crippen LogP contribution in [0, 0.1) is 0 Å². The first-order chi connectivity index (χ1) is 31.0. The Labute approximate surface area is 394 Å². The van der Waals surface area contributed by atoms with Crippen LogP contribution in [0.3, 0.4) is 0 Å². The maximum Gasteiger partial charge on any atom is 0.222 e. The second kappa shape index (κ2) is 53.4. The van der Waals surface area contributed by atoms with Gasteiger partial charge in [-0.2, -0.15) is 0 Å². The largest absolute Gasteiger partial charge is 0.394 e. The Kier molecular flexibility index (Phi) is 52.5. The second-order valence-corrected chi connectivity index (χ2v) is 19.9. The Morgan fingerprint density at radius 1 is 0.397 bits per heavy atom. The van der Waals surface area contributed by atoms with Crippen LogP contribution in [0.1, 0.15) is 316 Å². The highest BCUT2D eigenvalue weighted by atomic mass is 16.3. The van der Waals surface area contributed by atoms with E-state index in [2.05, 4.69) is 31.3 Å². The van der Waals surface area contributed by atoms with Gasteiger partial charge in [0.1, 0.15) is 0 Å². The lowest BCUT2D eigenvalue weighted by Gasteiger charge is -2.21. The third-order valence-corrected chi connectivity index (χ3v) is 13.5. The van der Waals surface area contributed by atoms with Crippen molar-refractivity contribution in [2.45, 2.75) is 334 Å². The Hall–Kier alpha value is -1.17. The summed E-state index contributed by atoms with van der Waals surface area (Å²) < 4.78 is 0. The van der Waals surface area contributed by atoms with Crippen LogP contribution in [-0.4, -0.2) is 46.1 Å². The van der Waals surface area contributed by atoms with Crippen LogP contribution in [-0.2, 0) is 4.79 Å². The fraction of sp³-hybridized carbons (Fsp3) is 0.914. The van der Waals surface area contributed by atoms with E-state index in [9.17, 15) is 20.1 Å². The highest BCUT2D eigenvalue weighted by Crippen LogP contribution is 2.17. The molecule has 0 spiro atoms. The molecule has 63 heavy (non-hydrogen) atoms. The van der Waals surface area contributed by atoms with Gasteiger partial charge in [0.2, 0.25) is 5.91 Å². The molecule has 0 heterocycles. The normalized spacial score (nSPS) is 13.4. The number of nitrogens with one attached hydrogen (secondary N) is 1. The van der Waals surface area contributed by atoms with Gasteiger partial charge in [0.05, 0.1) is 31.3 Å². The topological polar surface area (TPSA) is 89.8 Å². The fourth-order valence-electron chi connectivity index (χ4n) is 9.10. The molecular weight excluding hydrogens is 775 g/mol. The first kappa shape index (κ1) is 61.8. The molecule has 0 aliphatic heterocycles. The van der Waals surface area contributed by atoms with Gasteiger partial charge in [0, 0.05) is 0 Å². The lowest BCUT2D eigenvalue weighted by atomic mass is 10.0. The number of amides is 1. The van der Waals surface area contributed by atoms with E-state index in [1.165, 1.54) is 263 Å². The summed E-state index contributed by atoms with van der Waals surface area (Å²) in [6, 6.07) is -0.742. The number of aliphatic hydroxyl groups is 3. The molecule has 0 aromatic rings. The van der Waals surface area contributed by atoms with Crippen molar-refractivity contribution in [1.29, 1.82) is 0 Å². The van der Waals surface area contributed by atoms with Gasteiger partial charge in [-0.25, -0.2) is 0 Å². The summed E-state index contributed by atoms with van der Waals surface area (Å²) >= 11 is 0. The second-order valence-electron chi connectivity index (χ2n) is 19.9. The van der Waals surface area contributed by atoms with Crippen LogP contribution in [0.5, 0.6) is 0 Å². The van der Waals surface area contributed by atoms with Crippen LogP contribution in [0.25, 0.3) is 0 Å². The molecule has 3 unspecified atom stereocenters. The number of carbonyl (C=O) groups is 1. The van der Waals surface area contributed by atoms with E-state index in [-0.39, 0.29) is 18.9 Å². The van der Waals surface area contributed by atoms with Crippen molar-refractivity contribution in [3.05, 3.63) is 24.3 Å². The van der Waals surface area contributed by atoms with E-state index in [4.69, 9.17) is 0 Å². The number of unbranched alkanes of at least 4 members (excludes halogenated alkanes) is 42. The Balaban J connectivity index is 3.49. The van der Waals surface area contributed by atoms with Crippen LogP contribution in [0.2, 0.25) is 0 Å². The maximum atomic E-state index is 12.5. The summed E-state index contributed by atoms with van der Waals surface area (Å²) in [4.78, 5) is 12.5. The molecule has 3 atom stereocenters. The predicted octanol–water partition coefficient (Wildman–Crippen LogP) is 17.7. The van der Waals surface area contributed by atoms with Crippen molar-refractivity contribution < 1.29 is 20.1 Å². The minimum absolute atomic E-state index is 0.0170. The minimum atomic E-state index is -0.927. The minimum Gasteiger partial charge on any atom is -0.394 e. The van der Waals surface area contributed by atoms with Gasteiger partial charge >= 0.3 is 0 Å². The summed E-state index contributed by atoms with van der Waals surface area (Å²) in [6.45, 7) is 4.24. The van der Waals surface area contributed by atoms with Crippen molar-refractivity contribution >= 4 is 5.91 Å². The van der Waals surface area contributed by atoms with Crippen LogP contribution >= 0.6 is 0 Å². The van der Waals surface area contributed by atoms with E-state index in [0.717, 1.165) is 25.7 Å². The quantitative estimate of drug-likeness (QED) is 0.0362. The number of allylic oxidation sites excluding steroid dienone is 3. The molecule has 5 heteroatoms. The Morgan fingerprint density at radius 3 is 0.968 bits per heavy atom. The SMILES string of the molecule is CCCCCCCCCCCCCCC/C=C/C(O)C(CO)NC(=O)CC(O)CCCCCCCCCCCCCCCCC/C=C\CCCCCCCCCCCCCCCC. The van der Waals surface area contributed by atoms with Gasteiger partial charge in [0.25, 0.3) is 0 Å². The zero-order chi connectivity index (χ0) is 45.8. The van der Waals surface area contributed by atoms with Gasteiger partial charge in [0.15, 0.2) is 0 Å². The van der Waals surface area contributed by atoms with E-state index >= 15 is 0 Å². The summed E-state index contributed by atoms with van der Waals surface area (Å²) in [7, 11) is 0. The van der Waals surface area contributed by atoms with E-state index in [0.29, 0.717) is 6.42 Å². The van der Waals surface area contributed by atoms with Gasteiger partial charge in [-0.1, -0.05) is 289 Å². The third kappa shape index (κ3) is 50.1. The molecule has 0 aromatic carbocycles. The number of carbonyl (C=O) groups excluding carboxylic acids is 1. The summed E-state index contributed by atoms with van der Waals surface area (Å²) in [5, 5.41) is 33.4. The molecule has 5 nitrogen and oxygen atoms in total. The molecule has 0 fully saturated rings. The van der Waals surface area contributed by atoms with Crippen molar-refractivity contribution in [1.82, 2.24) is 5.32 Å². The molecule has 0 rings (SSSR count). The molecule has 0 radical (unpaired) electrons. The average molecular weight is 889 g/mol. The first-order valence-electron chi connectivity index (χ1n) is 28.6. The molecule has 0 aliphatic rings. The van der Waals surface area contributed by atoms with Crippen molar-refractivity contribution in [2.75, 3.05) is 6.61 Å². The Bertz CT molecular complexity index is 936. The van der Waals surface area contributed by atoms with E-state index in [1.54, 1.807) is 6.08 Å². The third-order valence-electron chi connectivity index (χ3n) is 13.5. The van der Waals surface area contributed by atoms with Crippen molar-refractivity contribution in [3.8, 4) is 0 Å². The molecular formula is C58H113NO4. The molecule has 0 bridgehead atoms. The average Bonchev–Trinajstić information content (AvgIpc) is 3.28. The molecule has 0 aliphatic carbocycles. The van der Waals surface area contributed by atoms with Crippen LogP contribution < -0.4 is 5.32 Å². The van der Waals surface area contributed by atoms with Gasteiger partial charge in [-0.3, -0.25) is 4.79 Å². The van der Waals surface area contributed by atoms with E-state index < -0.39 is 18.2 Å². The van der Waals surface area contributed by atoms with E-state index in [1.807, 2.05) is 6.08 Å². The van der Waals surface area contributed by atoms with Crippen molar-refractivity contribution in [3.63, 3.8) is 0 Å². The summed E-state index contributed by atoms with van der Waals surface area (Å²) in [5.74, 6) is -0.311. The number of rotatable bonds is 53. The van der Waals surface area contributed by atoms with Crippen molar-refractivity contribution in [2.24, 2.45) is 0 Å². The standard InChI is InChI=1S/C58H113NO4/c1-3-5-7-9-11-13-15-17-19-20-21-22-23-24-25-26-27-28-29-30-31-32-33-34-35-36-38-39-41-43-45-47-49-51-55(61)53-58(63)59-56(54-60)57(62)52-50-48-46-44-42-40-37-18-16-14-12-10-8-6-4-2/h26-27,50,52,55-57,60-62H,3-25,28-49,51,53-54H2,1-2H3,(H,59,63)/b27-26-,52-50+.